The Hall–Kier alpha value is -0.600. The van der Waals surface area contributed by atoms with Crippen molar-refractivity contribution in [2.45, 2.75) is 31.8 Å². The zero-order valence-electron chi connectivity index (χ0n) is 8.16. The van der Waals surface area contributed by atoms with Gasteiger partial charge in [-0.1, -0.05) is 12.1 Å². The summed E-state index contributed by atoms with van der Waals surface area (Å²) in [5, 5.41) is 3.43. The summed E-state index contributed by atoms with van der Waals surface area (Å²) in [7, 11) is 0. The fourth-order valence-corrected chi connectivity index (χ4v) is 1.48. The van der Waals surface area contributed by atoms with Gasteiger partial charge in [0, 0.05) is 12.1 Å². The molecule has 14 heavy (non-hydrogen) atoms. The predicted octanol–water partition coefficient (Wildman–Crippen LogP) is 3.06. The standard InChI is InChI=1S/C11H14FN.ClH/c1-8(13-11-5-6-11)9-3-2-4-10(12)7-9;/h2-4,7-8,11,13H,5-6H2,1H3;1H. The largest absolute Gasteiger partial charge is 0.307 e. The number of benzene rings is 1. The third-order valence-corrected chi connectivity index (χ3v) is 2.41. The van der Waals surface area contributed by atoms with Gasteiger partial charge < -0.3 is 5.32 Å². The zero-order chi connectivity index (χ0) is 9.26. The molecule has 1 nitrogen and oxygen atoms in total. The Kier molecular flexibility index (Phi) is 3.90. The molecular formula is C11H15ClFN. The van der Waals surface area contributed by atoms with E-state index in [0.717, 1.165) is 5.56 Å². The Bertz CT molecular complexity index is 299. The van der Waals surface area contributed by atoms with Crippen molar-refractivity contribution in [2.75, 3.05) is 0 Å². The highest BCUT2D eigenvalue weighted by Gasteiger charge is 2.23. The molecule has 1 saturated carbocycles. The Morgan fingerprint density at radius 3 is 2.71 bits per heavy atom. The first-order valence-corrected chi connectivity index (χ1v) is 4.77. The molecule has 1 fully saturated rings. The molecule has 0 heterocycles. The second-order valence-corrected chi connectivity index (χ2v) is 3.72. The van der Waals surface area contributed by atoms with Crippen molar-refractivity contribution in [1.82, 2.24) is 5.32 Å². The number of nitrogens with one attached hydrogen (secondary N) is 1. The van der Waals surface area contributed by atoms with E-state index in [9.17, 15) is 4.39 Å². The number of halogens is 2. The summed E-state index contributed by atoms with van der Waals surface area (Å²) in [4.78, 5) is 0. The average Bonchev–Trinajstić information content (AvgIpc) is 2.88. The maximum absolute atomic E-state index is 12.9. The molecule has 0 aliphatic heterocycles. The first-order valence-electron chi connectivity index (χ1n) is 4.77. The van der Waals surface area contributed by atoms with Crippen LogP contribution < -0.4 is 5.32 Å². The molecule has 0 aromatic heterocycles. The lowest BCUT2D eigenvalue weighted by molar-refractivity contribution is 0.562. The Labute approximate surface area is 90.1 Å². The highest BCUT2D eigenvalue weighted by molar-refractivity contribution is 5.85. The summed E-state index contributed by atoms with van der Waals surface area (Å²) in [5.41, 5.74) is 1.03. The van der Waals surface area contributed by atoms with Crippen LogP contribution in [0.1, 0.15) is 31.4 Å². The minimum Gasteiger partial charge on any atom is -0.307 e. The van der Waals surface area contributed by atoms with Crippen LogP contribution in [0.2, 0.25) is 0 Å². The topological polar surface area (TPSA) is 12.0 Å². The molecule has 1 aliphatic rings. The molecular weight excluding hydrogens is 201 g/mol. The van der Waals surface area contributed by atoms with Crippen LogP contribution >= 0.6 is 12.4 Å². The molecule has 0 saturated heterocycles. The van der Waals surface area contributed by atoms with Crippen LogP contribution in [-0.2, 0) is 0 Å². The normalized spacial score (nSPS) is 17.3. The van der Waals surface area contributed by atoms with E-state index in [1.165, 1.54) is 18.9 Å². The van der Waals surface area contributed by atoms with Gasteiger partial charge in [-0.25, -0.2) is 4.39 Å². The SMILES string of the molecule is CC(NC1CC1)c1cccc(F)c1.Cl. The van der Waals surface area contributed by atoms with Gasteiger partial charge in [0.25, 0.3) is 0 Å². The predicted molar refractivity (Wildman–Crippen MR) is 58.2 cm³/mol. The number of hydrogen-bond donors (Lipinski definition) is 1. The van der Waals surface area contributed by atoms with Crippen LogP contribution in [0.5, 0.6) is 0 Å². The molecule has 0 spiro atoms. The molecule has 1 unspecified atom stereocenters. The van der Waals surface area contributed by atoms with Gasteiger partial charge in [-0.05, 0) is 37.5 Å². The van der Waals surface area contributed by atoms with Crippen molar-refractivity contribution in [3.8, 4) is 0 Å². The third-order valence-electron chi connectivity index (χ3n) is 2.41. The molecule has 1 N–H and O–H groups in total. The second-order valence-electron chi connectivity index (χ2n) is 3.72. The Morgan fingerprint density at radius 2 is 2.14 bits per heavy atom. The summed E-state index contributed by atoms with van der Waals surface area (Å²) in [6, 6.07) is 7.73. The molecule has 1 aliphatic carbocycles. The van der Waals surface area contributed by atoms with Gasteiger partial charge in [0.05, 0.1) is 0 Å². The van der Waals surface area contributed by atoms with Crippen LogP contribution in [0.25, 0.3) is 0 Å². The summed E-state index contributed by atoms with van der Waals surface area (Å²) in [6.45, 7) is 2.08. The lowest BCUT2D eigenvalue weighted by Crippen LogP contribution is -2.20. The molecule has 2 rings (SSSR count). The summed E-state index contributed by atoms with van der Waals surface area (Å²) < 4.78 is 12.9. The molecule has 1 atom stereocenters. The van der Waals surface area contributed by atoms with E-state index in [2.05, 4.69) is 12.2 Å². The van der Waals surface area contributed by atoms with Crippen LogP contribution in [-0.4, -0.2) is 6.04 Å². The fraction of sp³-hybridized carbons (Fsp3) is 0.455. The van der Waals surface area contributed by atoms with Crippen molar-refractivity contribution in [3.63, 3.8) is 0 Å². The van der Waals surface area contributed by atoms with Crippen LogP contribution in [0, 0.1) is 5.82 Å². The lowest BCUT2D eigenvalue weighted by atomic mass is 10.1. The van der Waals surface area contributed by atoms with Gasteiger partial charge >= 0.3 is 0 Å². The van der Waals surface area contributed by atoms with E-state index in [0.29, 0.717) is 6.04 Å². The molecule has 1 aromatic carbocycles. The van der Waals surface area contributed by atoms with E-state index in [1.54, 1.807) is 12.1 Å². The Balaban J connectivity index is 0.000000980. The second kappa shape index (κ2) is 4.76. The fourth-order valence-electron chi connectivity index (χ4n) is 1.48. The van der Waals surface area contributed by atoms with Crippen molar-refractivity contribution in [3.05, 3.63) is 35.6 Å². The zero-order valence-corrected chi connectivity index (χ0v) is 8.98. The summed E-state index contributed by atoms with van der Waals surface area (Å²) >= 11 is 0. The van der Waals surface area contributed by atoms with Gasteiger partial charge in [-0.3, -0.25) is 0 Å². The highest BCUT2D eigenvalue weighted by Crippen LogP contribution is 2.23. The minimum atomic E-state index is -0.151. The molecule has 0 radical (unpaired) electrons. The van der Waals surface area contributed by atoms with Gasteiger partial charge in [-0.2, -0.15) is 0 Å². The van der Waals surface area contributed by atoms with Crippen LogP contribution in [0.4, 0.5) is 4.39 Å². The van der Waals surface area contributed by atoms with E-state index < -0.39 is 0 Å². The van der Waals surface area contributed by atoms with Crippen molar-refractivity contribution >= 4 is 12.4 Å². The molecule has 78 valence electrons. The quantitative estimate of drug-likeness (QED) is 0.817. The van der Waals surface area contributed by atoms with Gasteiger partial charge in [-0.15, -0.1) is 12.4 Å². The van der Waals surface area contributed by atoms with E-state index in [1.807, 2.05) is 6.07 Å². The van der Waals surface area contributed by atoms with E-state index in [-0.39, 0.29) is 24.3 Å². The summed E-state index contributed by atoms with van der Waals surface area (Å²) in [6.07, 6.45) is 2.53. The monoisotopic (exact) mass is 215 g/mol. The average molecular weight is 216 g/mol. The van der Waals surface area contributed by atoms with E-state index in [4.69, 9.17) is 0 Å². The van der Waals surface area contributed by atoms with Gasteiger partial charge in [0.1, 0.15) is 5.82 Å². The first-order chi connectivity index (χ1) is 6.25. The Morgan fingerprint density at radius 1 is 1.43 bits per heavy atom. The molecule has 0 bridgehead atoms. The van der Waals surface area contributed by atoms with Crippen molar-refractivity contribution in [2.24, 2.45) is 0 Å². The molecule has 0 amide bonds. The first kappa shape index (κ1) is 11.5. The maximum Gasteiger partial charge on any atom is 0.123 e. The number of rotatable bonds is 3. The lowest BCUT2D eigenvalue weighted by Gasteiger charge is -2.13. The number of hydrogen-bond acceptors (Lipinski definition) is 1. The maximum atomic E-state index is 12.9. The third kappa shape index (κ3) is 2.96. The summed E-state index contributed by atoms with van der Waals surface area (Å²) in [5.74, 6) is -0.151. The van der Waals surface area contributed by atoms with Gasteiger partial charge in [0.15, 0.2) is 0 Å². The smallest absolute Gasteiger partial charge is 0.123 e. The van der Waals surface area contributed by atoms with Crippen LogP contribution in [0.15, 0.2) is 24.3 Å². The highest BCUT2D eigenvalue weighted by atomic mass is 35.5. The van der Waals surface area contributed by atoms with Gasteiger partial charge in [0.2, 0.25) is 0 Å². The van der Waals surface area contributed by atoms with Crippen molar-refractivity contribution in [1.29, 1.82) is 0 Å². The molecule has 1 aromatic rings. The minimum absolute atomic E-state index is 0. The van der Waals surface area contributed by atoms with Crippen molar-refractivity contribution < 1.29 is 4.39 Å². The van der Waals surface area contributed by atoms with Crippen LogP contribution in [0.3, 0.4) is 0 Å². The molecule has 3 heteroatoms. The van der Waals surface area contributed by atoms with E-state index >= 15 is 0 Å².